The number of para-hydroxylation sites is 2. The summed E-state index contributed by atoms with van der Waals surface area (Å²) in [6.07, 6.45) is 1.77. The lowest BCUT2D eigenvalue weighted by Crippen LogP contribution is -2.29. The van der Waals surface area contributed by atoms with E-state index in [1.807, 2.05) is 79.8 Å². The highest BCUT2D eigenvalue weighted by Gasteiger charge is 2.40. The van der Waals surface area contributed by atoms with Crippen LogP contribution in [0.15, 0.2) is 111 Å². The summed E-state index contributed by atoms with van der Waals surface area (Å²) in [4.78, 5) is 28.8. The summed E-state index contributed by atoms with van der Waals surface area (Å²) >= 11 is 3.05. The van der Waals surface area contributed by atoms with Crippen molar-refractivity contribution >= 4 is 62.6 Å². The number of anilines is 2. The van der Waals surface area contributed by atoms with Crippen LogP contribution in [-0.4, -0.2) is 23.1 Å². The fraction of sp³-hybridized carbons (Fsp3) is 0.0385. The molecule has 0 bridgehead atoms. The number of benzene rings is 3. The van der Waals surface area contributed by atoms with Crippen LogP contribution in [0, 0.1) is 0 Å². The van der Waals surface area contributed by atoms with Crippen LogP contribution < -0.4 is 9.80 Å². The van der Waals surface area contributed by atoms with Crippen LogP contribution in [0.25, 0.3) is 10.9 Å². The van der Waals surface area contributed by atoms with Crippen molar-refractivity contribution in [1.29, 1.82) is 0 Å². The number of amidine groups is 1. The van der Waals surface area contributed by atoms with Crippen LogP contribution in [0.3, 0.4) is 0 Å². The number of pyridine rings is 1. The van der Waals surface area contributed by atoms with Crippen molar-refractivity contribution in [3.05, 3.63) is 101 Å². The third kappa shape index (κ3) is 3.41. The Bertz CT molecular complexity index is 1460. The van der Waals surface area contributed by atoms with Gasteiger partial charge in [0, 0.05) is 23.5 Å². The third-order valence-electron chi connectivity index (χ3n) is 5.57. The second-order valence-corrected chi connectivity index (χ2v) is 9.59. The van der Waals surface area contributed by atoms with E-state index < -0.39 is 0 Å². The Morgan fingerprint density at radius 1 is 0.848 bits per heavy atom. The number of carbonyl (C=O) groups is 1. The Hall–Kier alpha value is -3.55. The van der Waals surface area contributed by atoms with Crippen molar-refractivity contribution in [1.82, 2.24) is 4.98 Å². The zero-order chi connectivity index (χ0) is 22.4. The van der Waals surface area contributed by atoms with Gasteiger partial charge in [0.15, 0.2) is 5.17 Å². The molecule has 0 radical (unpaired) electrons. The number of thioether (sulfide) groups is 2. The highest BCUT2D eigenvalue weighted by atomic mass is 32.2. The Labute approximate surface area is 199 Å². The summed E-state index contributed by atoms with van der Waals surface area (Å²) in [7, 11) is 2.01. The lowest BCUT2D eigenvalue weighted by Gasteiger charge is -2.16. The van der Waals surface area contributed by atoms with E-state index in [-0.39, 0.29) is 5.91 Å². The zero-order valence-electron chi connectivity index (χ0n) is 17.7. The maximum absolute atomic E-state index is 13.8. The third-order valence-corrected chi connectivity index (χ3v) is 7.96. The number of aliphatic imine (C=N–C) groups is 1. The first-order valence-electron chi connectivity index (χ1n) is 10.5. The van der Waals surface area contributed by atoms with Gasteiger partial charge in [-0.05, 0) is 60.3 Å². The first kappa shape index (κ1) is 20.1. The molecule has 3 heterocycles. The van der Waals surface area contributed by atoms with Crippen molar-refractivity contribution in [3.63, 3.8) is 0 Å². The van der Waals surface area contributed by atoms with Gasteiger partial charge < -0.3 is 4.90 Å². The first-order valence-corrected chi connectivity index (χ1v) is 12.1. The molecule has 1 saturated heterocycles. The average Bonchev–Trinajstić information content (AvgIpc) is 3.36. The van der Waals surface area contributed by atoms with Crippen molar-refractivity contribution < 1.29 is 4.79 Å². The van der Waals surface area contributed by atoms with Gasteiger partial charge in [-0.15, -0.1) is 0 Å². The number of aromatic nitrogens is 1. The summed E-state index contributed by atoms with van der Waals surface area (Å²) in [6.45, 7) is 0. The van der Waals surface area contributed by atoms with E-state index in [9.17, 15) is 4.79 Å². The summed E-state index contributed by atoms with van der Waals surface area (Å²) < 4.78 is 0. The quantitative estimate of drug-likeness (QED) is 0.319. The van der Waals surface area contributed by atoms with Crippen LogP contribution in [0.5, 0.6) is 0 Å². The van der Waals surface area contributed by atoms with Gasteiger partial charge >= 0.3 is 0 Å². The van der Waals surface area contributed by atoms with Crippen LogP contribution in [0.4, 0.5) is 17.1 Å². The molecule has 0 aliphatic carbocycles. The number of hydrogen-bond acceptors (Lipinski definition) is 6. The Balaban J connectivity index is 1.50. The van der Waals surface area contributed by atoms with E-state index in [0.717, 1.165) is 37.9 Å². The van der Waals surface area contributed by atoms with Gasteiger partial charge in [-0.25, -0.2) is 4.99 Å². The number of carbonyl (C=O) groups excluding carboxylic acids is 1. The summed E-state index contributed by atoms with van der Waals surface area (Å²) in [6, 6.07) is 27.7. The molecule has 5 nitrogen and oxygen atoms in total. The van der Waals surface area contributed by atoms with Crippen molar-refractivity contribution in [3.8, 4) is 0 Å². The molecular weight excluding hydrogens is 448 g/mol. The van der Waals surface area contributed by atoms with Crippen LogP contribution in [0.2, 0.25) is 0 Å². The topological polar surface area (TPSA) is 48.8 Å². The highest BCUT2D eigenvalue weighted by Crippen LogP contribution is 2.50. The van der Waals surface area contributed by atoms with E-state index in [0.29, 0.717) is 10.1 Å². The molecule has 3 aromatic carbocycles. The normalized spacial score (nSPS) is 19.1. The molecule has 0 saturated carbocycles. The number of amides is 1. The molecular formula is C26H18N4OS2. The van der Waals surface area contributed by atoms with Crippen molar-refractivity contribution in [2.24, 2.45) is 4.99 Å². The maximum atomic E-state index is 13.8. The predicted molar refractivity (Wildman–Crippen MR) is 138 cm³/mol. The lowest BCUT2D eigenvalue weighted by molar-refractivity contribution is -0.113. The SMILES string of the molecule is CN1/C(=C2/SC(=Nc3cccc4ncccc34)N(c3ccccc3)C2=O)Sc2ccccc21. The molecule has 6 rings (SSSR count). The second-order valence-electron chi connectivity index (χ2n) is 7.58. The molecule has 0 N–H and O–H groups in total. The highest BCUT2D eigenvalue weighted by molar-refractivity contribution is 8.20. The molecule has 4 aromatic rings. The van der Waals surface area contributed by atoms with Gasteiger partial charge in [-0.2, -0.15) is 0 Å². The molecule has 2 aliphatic heterocycles. The van der Waals surface area contributed by atoms with E-state index in [2.05, 4.69) is 22.0 Å². The first-order chi connectivity index (χ1) is 16.2. The monoisotopic (exact) mass is 466 g/mol. The average molecular weight is 467 g/mol. The van der Waals surface area contributed by atoms with Crippen LogP contribution in [-0.2, 0) is 4.79 Å². The molecule has 2 aliphatic rings. The van der Waals surface area contributed by atoms with Crippen LogP contribution >= 0.6 is 23.5 Å². The van der Waals surface area contributed by atoms with Gasteiger partial charge in [0.25, 0.3) is 5.91 Å². The van der Waals surface area contributed by atoms with E-state index in [1.54, 1.807) is 22.9 Å². The minimum absolute atomic E-state index is 0.0644. The second kappa shape index (κ2) is 8.10. The molecule has 160 valence electrons. The summed E-state index contributed by atoms with van der Waals surface area (Å²) in [5.74, 6) is -0.0644. The molecule has 0 spiro atoms. The molecule has 0 unspecified atom stereocenters. The number of fused-ring (bicyclic) bond motifs is 2. The molecule has 1 amide bonds. The minimum atomic E-state index is -0.0644. The standard InChI is InChI=1S/C26H18N4OS2/c1-29-21-14-5-6-15-22(21)32-25(29)23-24(31)30(17-9-3-2-4-10-17)26(33-23)28-20-13-7-12-19-18(20)11-8-16-27-19/h2-16H,1H3/b25-23-,28-26?. The van der Waals surface area contributed by atoms with Gasteiger partial charge in [0.05, 0.1) is 27.6 Å². The van der Waals surface area contributed by atoms with Crippen molar-refractivity contribution in [2.45, 2.75) is 4.90 Å². The molecule has 1 fully saturated rings. The molecule has 1 aromatic heterocycles. The molecule has 7 heteroatoms. The van der Waals surface area contributed by atoms with Gasteiger partial charge in [0.2, 0.25) is 0 Å². The van der Waals surface area contributed by atoms with Crippen LogP contribution in [0.1, 0.15) is 0 Å². The number of nitrogens with zero attached hydrogens (tertiary/aromatic N) is 4. The summed E-state index contributed by atoms with van der Waals surface area (Å²) in [5.41, 5.74) is 3.57. The van der Waals surface area contributed by atoms with Gasteiger partial charge in [-0.1, -0.05) is 48.2 Å². The smallest absolute Gasteiger partial charge is 0.274 e. The molecule has 0 atom stereocenters. The molecule has 33 heavy (non-hydrogen) atoms. The van der Waals surface area contributed by atoms with Gasteiger partial charge in [0.1, 0.15) is 4.91 Å². The Morgan fingerprint density at radius 3 is 2.52 bits per heavy atom. The van der Waals surface area contributed by atoms with E-state index in [1.165, 1.54) is 11.8 Å². The lowest BCUT2D eigenvalue weighted by atomic mass is 10.2. The zero-order valence-corrected chi connectivity index (χ0v) is 19.3. The van der Waals surface area contributed by atoms with Crippen molar-refractivity contribution in [2.75, 3.05) is 16.8 Å². The van der Waals surface area contributed by atoms with E-state index >= 15 is 0 Å². The maximum Gasteiger partial charge on any atom is 0.274 e. The number of rotatable bonds is 2. The fourth-order valence-corrected chi connectivity index (χ4v) is 6.31. The van der Waals surface area contributed by atoms with E-state index in [4.69, 9.17) is 4.99 Å². The number of hydrogen-bond donors (Lipinski definition) is 0. The minimum Gasteiger partial charge on any atom is -0.337 e. The summed E-state index contributed by atoms with van der Waals surface area (Å²) in [5, 5.41) is 2.52. The fourth-order valence-electron chi connectivity index (χ4n) is 3.97. The largest absolute Gasteiger partial charge is 0.337 e. The Morgan fingerprint density at radius 2 is 1.67 bits per heavy atom. The van der Waals surface area contributed by atoms with Gasteiger partial charge in [-0.3, -0.25) is 14.7 Å². The Kier molecular flexibility index (Phi) is 4.93. The predicted octanol–water partition coefficient (Wildman–Crippen LogP) is 6.41.